The smallest absolute Gasteiger partial charge is 0.0630 e. The number of para-hydroxylation sites is 6. The third-order valence-corrected chi connectivity index (χ3v) is 11.8. The average molecular weight is 745 g/mol. The molecule has 0 atom stereocenters. The molecule has 0 unspecified atom stereocenters. The summed E-state index contributed by atoms with van der Waals surface area (Å²) in [5.74, 6) is 0. The molecule has 0 radical (unpaired) electrons. The van der Waals surface area contributed by atoms with Gasteiger partial charge in [0, 0.05) is 77.2 Å². The van der Waals surface area contributed by atoms with Gasteiger partial charge in [-0.1, -0.05) is 121 Å². The van der Waals surface area contributed by atoms with E-state index in [4.69, 9.17) is 2.74 Å². The van der Waals surface area contributed by atoms with Crippen LogP contribution in [0.25, 0.3) is 76.2 Å². The fourth-order valence-electron chi connectivity index (χ4n) is 9.43. The first kappa shape index (κ1) is 26.1. The van der Waals surface area contributed by atoms with E-state index in [2.05, 4.69) is 104 Å². The topological polar surface area (TPSA) is 15.3 Å². The quantitative estimate of drug-likeness (QED) is 0.168. The van der Waals surface area contributed by atoms with Gasteiger partial charge in [-0.15, -0.1) is 0 Å². The molecule has 4 heterocycles. The van der Waals surface area contributed by atoms with Crippen LogP contribution in [0.1, 0.15) is 8.22 Å². The second-order valence-corrected chi connectivity index (χ2v) is 14.9. The molecule has 0 spiro atoms. The maximum atomic E-state index is 9.44. The maximum absolute atomic E-state index is 9.44. The zero-order valence-electron chi connectivity index (χ0n) is 37.0. The second kappa shape index (κ2) is 11.8. The molecule has 58 heavy (non-hydrogen) atoms. The summed E-state index contributed by atoms with van der Waals surface area (Å²) in [6, 6.07) is 57.0. The monoisotopic (exact) mass is 744 g/mol. The third kappa shape index (κ3) is 4.29. The number of hydrogen-bond acceptors (Lipinski definition) is 2. The fraction of sp³-hybridized carbons (Fsp3) is 0. The number of nitrogens with zero attached hydrogens (tertiary/aromatic N) is 4. The molecule has 9 aromatic carbocycles. The van der Waals surface area contributed by atoms with Crippen LogP contribution in [0.4, 0.5) is 34.1 Å². The maximum Gasteiger partial charge on any atom is 0.0630 e. The Morgan fingerprint density at radius 1 is 0.293 bits per heavy atom. The third-order valence-electron chi connectivity index (χ3n) is 11.8. The molecule has 270 valence electrons. The predicted molar refractivity (Wildman–Crippen MR) is 245 cm³/mol. The van der Waals surface area contributed by atoms with Gasteiger partial charge < -0.3 is 18.6 Å². The number of aromatic nitrogens is 2. The molecule has 0 aliphatic rings. The highest BCUT2D eigenvalue weighted by atomic mass is 15.1. The van der Waals surface area contributed by atoms with E-state index >= 15 is 0 Å². The van der Waals surface area contributed by atoms with Gasteiger partial charge in [-0.05, 0) is 84.9 Å². The molecule has 13 aromatic rings. The number of fused-ring (bicyclic) bond motifs is 12. The van der Waals surface area contributed by atoms with Crippen molar-refractivity contribution in [3.05, 3.63) is 206 Å². The molecule has 0 amide bonds. The fourth-order valence-corrected chi connectivity index (χ4v) is 9.43. The molecule has 0 saturated carbocycles. The van der Waals surface area contributed by atoms with Crippen LogP contribution in [0.3, 0.4) is 0 Å². The Balaban J connectivity index is 1.16. The predicted octanol–water partition coefficient (Wildman–Crippen LogP) is 14.9. The van der Waals surface area contributed by atoms with Crippen molar-refractivity contribution in [2.75, 3.05) is 9.80 Å². The van der Waals surface area contributed by atoms with Gasteiger partial charge in [0.15, 0.2) is 0 Å². The lowest BCUT2D eigenvalue weighted by Gasteiger charge is -2.25. The number of hydrogen-bond donors (Lipinski definition) is 0. The molecule has 4 nitrogen and oxygen atoms in total. The van der Waals surface area contributed by atoms with Gasteiger partial charge in [0.25, 0.3) is 0 Å². The summed E-state index contributed by atoms with van der Waals surface area (Å²) < 4.78 is 60.0. The van der Waals surface area contributed by atoms with Crippen LogP contribution in [0.2, 0.25) is 0 Å². The van der Waals surface area contributed by atoms with E-state index in [1.54, 1.807) is 0 Å². The molecule has 0 aliphatic carbocycles. The highest BCUT2D eigenvalue weighted by Crippen LogP contribution is 2.47. The first-order chi connectivity index (χ1) is 31.3. The van der Waals surface area contributed by atoms with Crippen molar-refractivity contribution in [3.8, 4) is 0 Å². The molecule has 0 saturated heterocycles. The van der Waals surface area contributed by atoms with Gasteiger partial charge in [0.05, 0.1) is 41.3 Å². The van der Waals surface area contributed by atoms with Crippen molar-refractivity contribution in [2.45, 2.75) is 0 Å². The Hall–Kier alpha value is -7.82. The summed E-state index contributed by atoms with van der Waals surface area (Å²) in [4.78, 5) is 4.39. The van der Waals surface area contributed by atoms with Crippen LogP contribution in [-0.4, -0.2) is 8.80 Å². The van der Waals surface area contributed by atoms with E-state index in [1.807, 2.05) is 84.9 Å². The number of anilines is 6. The van der Waals surface area contributed by atoms with E-state index in [1.165, 1.54) is 0 Å². The standard InChI is InChI=1S/C54H34N4/c1-5-15-35(16-6-1)55(36-17-7-2-8-18-36)39-27-29-41-43-23-13-25-45-47-34-52-48(33-51(47)57(53(43)45)49(41)31-39)46-26-14-24-44-42-30-28-40(32-50(42)58(52)54(44)46)56(37-19-9-3-10-20-37)38-21-11-4-12-22-38/h1-34H/i13D,14D,23D,24D,25D,26D. The summed E-state index contributed by atoms with van der Waals surface area (Å²) in [5, 5.41) is 5.55. The minimum Gasteiger partial charge on any atom is -0.310 e. The van der Waals surface area contributed by atoms with E-state index in [0.717, 1.165) is 77.7 Å². The van der Waals surface area contributed by atoms with E-state index in [0.29, 0.717) is 32.6 Å². The van der Waals surface area contributed by atoms with E-state index in [-0.39, 0.29) is 36.3 Å². The number of benzene rings is 9. The van der Waals surface area contributed by atoms with E-state index < -0.39 is 0 Å². The Labute approximate surface area is 342 Å². The Morgan fingerprint density at radius 2 is 0.603 bits per heavy atom. The molecule has 4 aromatic heterocycles. The summed E-state index contributed by atoms with van der Waals surface area (Å²) in [6.45, 7) is 0. The lowest BCUT2D eigenvalue weighted by molar-refractivity contribution is 1.28. The van der Waals surface area contributed by atoms with Gasteiger partial charge in [-0.3, -0.25) is 0 Å². The van der Waals surface area contributed by atoms with Crippen LogP contribution in [0, 0.1) is 0 Å². The Morgan fingerprint density at radius 3 is 0.948 bits per heavy atom. The zero-order valence-corrected chi connectivity index (χ0v) is 31.0. The normalized spacial score (nSPS) is 13.6. The summed E-state index contributed by atoms with van der Waals surface area (Å²) in [7, 11) is 0. The van der Waals surface area contributed by atoms with Gasteiger partial charge in [0.1, 0.15) is 0 Å². The van der Waals surface area contributed by atoms with E-state index in [9.17, 15) is 5.48 Å². The van der Waals surface area contributed by atoms with Crippen molar-refractivity contribution < 1.29 is 8.22 Å². The van der Waals surface area contributed by atoms with Gasteiger partial charge >= 0.3 is 0 Å². The molecule has 13 rings (SSSR count). The summed E-state index contributed by atoms with van der Waals surface area (Å²) in [6.07, 6.45) is 0. The molecule has 0 aliphatic heterocycles. The van der Waals surface area contributed by atoms with Crippen molar-refractivity contribution in [1.29, 1.82) is 0 Å². The van der Waals surface area contributed by atoms with Crippen molar-refractivity contribution in [1.82, 2.24) is 8.80 Å². The minimum atomic E-state index is -0.135. The summed E-state index contributed by atoms with van der Waals surface area (Å²) >= 11 is 0. The Kier molecular flexibility index (Phi) is 5.33. The minimum absolute atomic E-state index is 0.0104. The largest absolute Gasteiger partial charge is 0.310 e. The first-order valence-electron chi connectivity index (χ1n) is 22.5. The molecular formula is C54H34N4. The van der Waals surface area contributed by atoms with Crippen molar-refractivity contribution in [2.24, 2.45) is 0 Å². The SMILES string of the molecule is [2H]c1c([2H])c2c3ccc(N(c4ccccc4)c4ccccc4)cc3n3c4cc5c6c([2H])c([2H])c([2H])c7c8ccc(N(c9ccccc9)c9ccccc9)cc8n(c5cc4c(c1[2H])c23)c76. The lowest BCUT2D eigenvalue weighted by atomic mass is 10.0. The van der Waals surface area contributed by atoms with Crippen LogP contribution < -0.4 is 9.80 Å². The average Bonchev–Trinajstić information content (AvgIpc) is 4.05. The van der Waals surface area contributed by atoms with Gasteiger partial charge in [-0.25, -0.2) is 0 Å². The van der Waals surface area contributed by atoms with Gasteiger partial charge in [-0.2, -0.15) is 0 Å². The molecule has 0 N–H and O–H groups in total. The highest BCUT2D eigenvalue weighted by Gasteiger charge is 2.24. The first-order valence-corrected chi connectivity index (χ1v) is 19.5. The van der Waals surface area contributed by atoms with Crippen LogP contribution >= 0.6 is 0 Å². The van der Waals surface area contributed by atoms with Crippen LogP contribution in [0.15, 0.2) is 206 Å². The molecule has 0 bridgehead atoms. The van der Waals surface area contributed by atoms with Gasteiger partial charge in [0.2, 0.25) is 0 Å². The summed E-state index contributed by atoms with van der Waals surface area (Å²) in [5.41, 5.74) is 10.4. The lowest BCUT2D eigenvalue weighted by Crippen LogP contribution is -2.09. The molecule has 4 heteroatoms. The van der Waals surface area contributed by atoms with Crippen molar-refractivity contribution in [3.63, 3.8) is 0 Å². The zero-order chi connectivity index (χ0) is 43.1. The Bertz CT molecular complexity index is 3680. The van der Waals surface area contributed by atoms with Crippen LogP contribution in [0.5, 0.6) is 0 Å². The molecule has 0 fully saturated rings. The second-order valence-electron chi connectivity index (χ2n) is 14.9. The van der Waals surface area contributed by atoms with Crippen molar-refractivity contribution >= 4 is 110 Å². The highest BCUT2D eigenvalue weighted by molar-refractivity contribution is 6.29. The van der Waals surface area contributed by atoms with Crippen LogP contribution in [-0.2, 0) is 0 Å². The molecular weight excluding hydrogens is 705 g/mol. The number of rotatable bonds is 6.